The van der Waals surface area contributed by atoms with E-state index in [-0.39, 0.29) is 12.0 Å². The summed E-state index contributed by atoms with van der Waals surface area (Å²) in [7, 11) is 1.72. The van der Waals surface area contributed by atoms with Crippen LogP contribution in [0.3, 0.4) is 0 Å². The molecule has 7 nitrogen and oxygen atoms in total. The predicted molar refractivity (Wildman–Crippen MR) is 72.9 cm³/mol. The molecule has 112 valence electrons. The summed E-state index contributed by atoms with van der Waals surface area (Å²) < 4.78 is 5.46. The van der Waals surface area contributed by atoms with E-state index in [1.165, 1.54) is 12.8 Å². The Morgan fingerprint density at radius 2 is 2.29 bits per heavy atom. The number of H-pyrrole nitrogens is 1. The molecular formula is C14H18N4O3. The first-order valence-electron chi connectivity index (χ1n) is 7.35. The number of amides is 2. The van der Waals surface area contributed by atoms with Crippen LogP contribution in [-0.2, 0) is 4.74 Å². The number of aromatic amines is 1. The van der Waals surface area contributed by atoms with Crippen molar-refractivity contribution < 1.29 is 14.3 Å². The van der Waals surface area contributed by atoms with Gasteiger partial charge in [0.05, 0.1) is 13.1 Å². The highest BCUT2D eigenvalue weighted by Gasteiger charge is 2.49. The highest BCUT2D eigenvalue weighted by molar-refractivity contribution is 5.92. The average molecular weight is 290 g/mol. The largest absolute Gasteiger partial charge is 0.439 e. The van der Waals surface area contributed by atoms with Gasteiger partial charge in [-0.15, -0.1) is 0 Å². The monoisotopic (exact) mass is 290 g/mol. The first-order valence-corrected chi connectivity index (χ1v) is 7.35. The third-order valence-corrected chi connectivity index (χ3v) is 4.58. The second-order valence-corrected chi connectivity index (χ2v) is 6.37. The minimum Gasteiger partial charge on any atom is -0.439 e. The molecule has 1 N–H and O–H groups in total. The number of hydrogen-bond acceptors (Lipinski definition) is 4. The highest BCUT2D eigenvalue weighted by atomic mass is 16.6. The molecular weight excluding hydrogens is 272 g/mol. The molecule has 1 aromatic heterocycles. The lowest BCUT2D eigenvalue weighted by molar-refractivity contribution is 0.0550. The van der Waals surface area contributed by atoms with Crippen LogP contribution in [0, 0.1) is 0 Å². The molecule has 1 saturated carbocycles. The molecule has 3 fully saturated rings. The van der Waals surface area contributed by atoms with Gasteiger partial charge in [-0.2, -0.15) is 5.10 Å². The number of likely N-dealkylation sites (N-methyl/N-ethyl adjacent to an activating group) is 1. The van der Waals surface area contributed by atoms with E-state index < -0.39 is 5.60 Å². The van der Waals surface area contributed by atoms with Crippen LogP contribution >= 0.6 is 0 Å². The van der Waals surface area contributed by atoms with Gasteiger partial charge in [0.2, 0.25) is 0 Å². The Morgan fingerprint density at radius 1 is 1.48 bits per heavy atom. The molecule has 3 aliphatic rings. The summed E-state index contributed by atoms with van der Waals surface area (Å²) in [6.45, 7) is 1.60. The molecule has 21 heavy (non-hydrogen) atoms. The predicted octanol–water partition coefficient (Wildman–Crippen LogP) is 0.954. The summed E-state index contributed by atoms with van der Waals surface area (Å²) in [5.41, 5.74) is 0.989. The van der Waals surface area contributed by atoms with Crippen molar-refractivity contribution in [3.05, 3.63) is 17.5 Å². The summed E-state index contributed by atoms with van der Waals surface area (Å²) in [6, 6.07) is 1.86. The van der Waals surface area contributed by atoms with Gasteiger partial charge >= 0.3 is 6.09 Å². The Balaban J connectivity index is 1.47. The fourth-order valence-electron chi connectivity index (χ4n) is 3.23. The molecule has 0 aromatic carbocycles. The second kappa shape index (κ2) is 4.22. The summed E-state index contributed by atoms with van der Waals surface area (Å²) >= 11 is 0. The maximum absolute atomic E-state index is 12.5. The number of hydrogen-bond donors (Lipinski definition) is 1. The zero-order valence-electron chi connectivity index (χ0n) is 12.0. The van der Waals surface area contributed by atoms with Crippen LogP contribution in [0.15, 0.2) is 6.07 Å². The van der Waals surface area contributed by atoms with Gasteiger partial charge in [0.15, 0.2) is 5.60 Å². The normalized spacial score (nSPS) is 28.5. The first-order chi connectivity index (χ1) is 10.1. The summed E-state index contributed by atoms with van der Waals surface area (Å²) in [5.74, 6) is 0.467. The molecule has 2 amide bonds. The Labute approximate surface area is 122 Å². The van der Waals surface area contributed by atoms with Crippen LogP contribution in [0.1, 0.15) is 41.4 Å². The Hall–Kier alpha value is -2.05. The van der Waals surface area contributed by atoms with Crippen molar-refractivity contribution in [2.75, 3.05) is 26.7 Å². The van der Waals surface area contributed by atoms with Gasteiger partial charge in [-0.05, 0) is 18.9 Å². The van der Waals surface area contributed by atoms with Gasteiger partial charge in [-0.1, -0.05) is 0 Å². The fraction of sp³-hybridized carbons (Fsp3) is 0.643. The van der Waals surface area contributed by atoms with Crippen LogP contribution in [0.4, 0.5) is 4.79 Å². The standard InChI is InChI=1S/C14H18N4O3/c1-17-7-14(21-13(17)20)4-5-18(8-14)12(19)11-6-10(15-16-11)9-2-3-9/h6,9H,2-5,7-8H2,1H3,(H,15,16). The van der Waals surface area contributed by atoms with E-state index in [2.05, 4.69) is 10.2 Å². The minimum atomic E-state index is -0.531. The Morgan fingerprint density at radius 3 is 2.95 bits per heavy atom. The van der Waals surface area contributed by atoms with Crippen molar-refractivity contribution in [1.82, 2.24) is 20.0 Å². The zero-order chi connectivity index (χ0) is 14.6. The van der Waals surface area contributed by atoms with Crippen LogP contribution in [-0.4, -0.2) is 64.3 Å². The number of nitrogens with zero attached hydrogens (tertiary/aromatic N) is 3. The van der Waals surface area contributed by atoms with Crippen LogP contribution in [0.5, 0.6) is 0 Å². The molecule has 4 rings (SSSR count). The fourth-order valence-corrected chi connectivity index (χ4v) is 3.23. The molecule has 1 spiro atoms. The van der Waals surface area contributed by atoms with Crippen LogP contribution in [0.25, 0.3) is 0 Å². The van der Waals surface area contributed by atoms with E-state index in [0.717, 1.165) is 5.69 Å². The molecule has 3 heterocycles. The Bertz CT molecular complexity index is 609. The quantitative estimate of drug-likeness (QED) is 0.879. The van der Waals surface area contributed by atoms with E-state index in [1.54, 1.807) is 16.8 Å². The van der Waals surface area contributed by atoms with Gasteiger partial charge in [0.1, 0.15) is 5.69 Å². The number of nitrogens with one attached hydrogen (secondary N) is 1. The number of ether oxygens (including phenoxy) is 1. The van der Waals surface area contributed by atoms with E-state index >= 15 is 0 Å². The summed E-state index contributed by atoms with van der Waals surface area (Å²) in [6.07, 6.45) is 2.73. The van der Waals surface area contributed by atoms with Crippen molar-refractivity contribution in [3.8, 4) is 0 Å². The first kappa shape index (κ1) is 12.7. The van der Waals surface area contributed by atoms with Gasteiger partial charge in [0.25, 0.3) is 5.91 Å². The number of rotatable bonds is 2. The molecule has 1 unspecified atom stereocenters. The van der Waals surface area contributed by atoms with Gasteiger partial charge in [-0.3, -0.25) is 9.89 Å². The lowest BCUT2D eigenvalue weighted by Gasteiger charge is -2.21. The number of likely N-dealkylation sites (tertiary alicyclic amines) is 1. The number of carbonyl (C=O) groups is 2. The maximum Gasteiger partial charge on any atom is 0.410 e. The molecule has 0 radical (unpaired) electrons. The van der Waals surface area contributed by atoms with Gasteiger partial charge in [-0.25, -0.2) is 4.79 Å². The second-order valence-electron chi connectivity index (χ2n) is 6.37. The van der Waals surface area contributed by atoms with Crippen molar-refractivity contribution in [2.24, 2.45) is 0 Å². The van der Waals surface area contributed by atoms with E-state index in [4.69, 9.17) is 4.74 Å². The topological polar surface area (TPSA) is 78.5 Å². The molecule has 1 atom stereocenters. The molecule has 2 aliphatic heterocycles. The average Bonchev–Trinajstić information content (AvgIpc) is 2.94. The zero-order valence-corrected chi connectivity index (χ0v) is 12.0. The summed E-state index contributed by atoms with van der Waals surface area (Å²) in [4.78, 5) is 27.3. The summed E-state index contributed by atoms with van der Waals surface area (Å²) in [5, 5.41) is 7.09. The van der Waals surface area contributed by atoms with Crippen molar-refractivity contribution in [1.29, 1.82) is 0 Å². The van der Waals surface area contributed by atoms with Crippen molar-refractivity contribution in [3.63, 3.8) is 0 Å². The van der Waals surface area contributed by atoms with E-state index in [1.807, 2.05) is 6.07 Å². The van der Waals surface area contributed by atoms with Crippen LogP contribution < -0.4 is 0 Å². The third kappa shape index (κ3) is 2.07. The number of carbonyl (C=O) groups excluding carboxylic acids is 2. The molecule has 7 heteroatoms. The SMILES string of the molecule is CN1CC2(CCN(C(=O)c3cc(C4CC4)[nH]n3)C2)OC1=O. The molecule has 0 bridgehead atoms. The number of aromatic nitrogens is 2. The third-order valence-electron chi connectivity index (χ3n) is 4.58. The maximum atomic E-state index is 12.5. The van der Waals surface area contributed by atoms with E-state index in [0.29, 0.717) is 37.7 Å². The molecule has 1 aliphatic carbocycles. The lowest BCUT2D eigenvalue weighted by Crippen LogP contribution is -2.39. The lowest BCUT2D eigenvalue weighted by atomic mass is 10.0. The minimum absolute atomic E-state index is 0.0828. The van der Waals surface area contributed by atoms with Gasteiger partial charge < -0.3 is 14.5 Å². The van der Waals surface area contributed by atoms with Crippen molar-refractivity contribution >= 4 is 12.0 Å². The Kier molecular flexibility index (Phi) is 2.55. The molecule has 1 aromatic rings. The van der Waals surface area contributed by atoms with Crippen molar-refractivity contribution in [2.45, 2.75) is 30.8 Å². The highest BCUT2D eigenvalue weighted by Crippen LogP contribution is 2.39. The smallest absolute Gasteiger partial charge is 0.410 e. The van der Waals surface area contributed by atoms with Gasteiger partial charge in [0, 0.05) is 31.6 Å². The van der Waals surface area contributed by atoms with Crippen LogP contribution in [0.2, 0.25) is 0 Å². The van der Waals surface area contributed by atoms with E-state index in [9.17, 15) is 9.59 Å². The molecule has 2 saturated heterocycles.